The maximum Gasteiger partial charge on any atom is 0.319 e. The van der Waals surface area contributed by atoms with E-state index in [0.717, 1.165) is 43.8 Å². The Bertz CT molecular complexity index is 732. The fraction of sp³-hybridized carbons (Fsp3) is 0.421. The molecule has 0 atom stereocenters. The lowest BCUT2D eigenvalue weighted by Crippen LogP contribution is -2.41. The van der Waals surface area contributed by atoms with Crippen LogP contribution in [0.2, 0.25) is 0 Å². The number of nitrogens with zero attached hydrogens (tertiary/aromatic N) is 2. The molecule has 0 aliphatic heterocycles. The number of hydrogen-bond donors (Lipinski definition) is 2. The molecule has 1 aliphatic rings. The molecule has 1 fully saturated rings. The highest BCUT2D eigenvalue weighted by atomic mass is 19.1. The van der Waals surface area contributed by atoms with Crippen molar-refractivity contribution in [2.45, 2.75) is 44.8 Å². The maximum atomic E-state index is 12.8. The van der Waals surface area contributed by atoms with Crippen molar-refractivity contribution in [3.63, 3.8) is 0 Å². The Morgan fingerprint density at radius 2 is 1.81 bits per heavy atom. The van der Waals surface area contributed by atoms with Crippen LogP contribution in [0.5, 0.6) is 11.8 Å². The van der Waals surface area contributed by atoms with Gasteiger partial charge >= 0.3 is 12.0 Å². The molecule has 0 bridgehead atoms. The predicted octanol–water partition coefficient (Wildman–Crippen LogP) is 3.53. The Kier molecular flexibility index (Phi) is 6.40. The third-order valence-corrected chi connectivity index (χ3v) is 4.30. The Balaban J connectivity index is 1.40. The van der Waals surface area contributed by atoms with Crippen molar-refractivity contribution in [1.29, 1.82) is 0 Å². The first-order chi connectivity index (χ1) is 13.1. The van der Waals surface area contributed by atoms with Gasteiger partial charge in [-0.05, 0) is 56.9 Å². The normalized spacial score (nSPS) is 19.2. The highest BCUT2D eigenvalue weighted by Crippen LogP contribution is 2.22. The van der Waals surface area contributed by atoms with Gasteiger partial charge in [-0.3, -0.25) is 0 Å². The molecule has 1 aliphatic carbocycles. The number of hydrogen-bond acceptors (Lipinski definition) is 5. The number of carbonyl (C=O) groups excluding carboxylic acids is 1. The molecule has 7 nitrogen and oxygen atoms in total. The molecule has 3 rings (SSSR count). The molecule has 1 aromatic carbocycles. The molecular weight excluding hydrogens is 351 g/mol. The van der Waals surface area contributed by atoms with Gasteiger partial charge in [-0.2, -0.15) is 0 Å². The monoisotopic (exact) mass is 374 g/mol. The largest absolute Gasteiger partial charge is 0.494 e. The third kappa shape index (κ3) is 5.80. The fourth-order valence-corrected chi connectivity index (χ4v) is 2.99. The Hall–Kier alpha value is -2.90. The van der Waals surface area contributed by atoms with Gasteiger partial charge < -0.3 is 20.1 Å². The Morgan fingerprint density at radius 3 is 2.44 bits per heavy atom. The van der Waals surface area contributed by atoms with E-state index >= 15 is 0 Å². The Morgan fingerprint density at radius 1 is 1.15 bits per heavy atom. The summed E-state index contributed by atoms with van der Waals surface area (Å²) in [7, 11) is 0. The maximum absolute atomic E-state index is 12.8. The van der Waals surface area contributed by atoms with Crippen LogP contribution < -0.4 is 20.1 Å². The summed E-state index contributed by atoms with van der Waals surface area (Å²) >= 11 is 0. The molecule has 0 unspecified atom stereocenters. The van der Waals surface area contributed by atoms with E-state index in [4.69, 9.17) is 9.47 Å². The first kappa shape index (κ1) is 18.9. The van der Waals surface area contributed by atoms with Crippen LogP contribution in [-0.2, 0) is 0 Å². The number of rotatable bonds is 6. The smallest absolute Gasteiger partial charge is 0.319 e. The summed E-state index contributed by atoms with van der Waals surface area (Å²) in [6, 6.07) is 7.28. The van der Waals surface area contributed by atoms with E-state index in [-0.39, 0.29) is 24.2 Å². The van der Waals surface area contributed by atoms with Crippen molar-refractivity contribution in [3.05, 3.63) is 42.5 Å². The molecule has 27 heavy (non-hydrogen) atoms. The SMILES string of the molecule is CCOc1ccc(NC(=O)NC2CCC(Oc3ncc(F)cn3)CC2)cc1. The second kappa shape index (κ2) is 9.16. The zero-order valence-electron chi connectivity index (χ0n) is 15.2. The minimum atomic E-state index is -0.492. The molecule has 0 saturated heterocycles. The van der Waals surface area contributed by atoms with E-state index in [1.54, 1.807) is 12.1 Å². The first-order valence-electron chi connectivity index (χ1n) is 9.07. The lowest BCUT2D eigenvalue weighted by Gasteiger charge is -2.28. The number of carbonyl (C=O) groups is 1. The number of urea groups is 1. The molecule has 2 aromatic rings. The van der Waals surface area contributed by atoms with Crippen molar-refractivity contribution in [1.82, 2.24) is 15.3 Å². The number of ether oxygens (including phenoxy) is 2. The zero-order valence-corrected chi connectivity index (χ0v) is 15.2. The highest BCUT2D eigenvalue weighted by Gasteiger charge is 2.24. The van der Waals surface area contributed by atoms with Gasteiger partial charge in [-0.15, -0.1) is 0 Å². The van der Waals surface area contributed by atoms with Gasteiger partial charge in [-0.1, -0.05) is 0 Å². The predicted molar refractivity (Wildman–Crippen MR) is 98.4 cm³/mol. The number of anilines is 1. The summed E-state index contributed by atoms with van der Waals surface area (Å²) in [5.74, 6) is 0.278. The molecule has 1 saturated carbocycles. The van der Waals surface area contributed by atoms with Gasteiger partial charge in [0.2, 0.25) is 0 Å². The number of benzene rings is 1. The summed E-state index contributed by atoms with van der Waals surface area (Å²) in [6.07, 6.45) is 5.28. The number of aromatic nitrogens is 2. The van der Waals surface area contributed by atoms with E-state index in [0.29, 0.717) is 12.3 Å². The minimum Gasteiger partial charge on any atom is -0.494 e. The van der Waals surface area contributed by atoms with Crippen LogP contribution in [0.15, 0.2) is 36.7 Å². The molecule has 0 spiro atoms. The second-order valence-electron chi connectivity index (χ2n) is 6.33. The summed E-state index contributed by atoms with van der Waals surface area (Å²) < 4.78 is 23.9. The summed E-state index contributed by atoms with van der Waals surface area (Å²) in [5.41, 5.74) is 0.710. The number of halogens is 1. The average molecular weight is 374 g/mol. The molecule has 144 valence electrons. The van der Waals surface area contributed by atoms with Crippen LogP contribution >= 0.6 is 0 Å². The van der Waals surface area contributed by atoms with Crippen LogP contribution in [0.1, 0.15) is 32.6 Å². The lowest BCUT2D eigenvalue weighted by molar-refractivity contribution is 0.129. The van der Waals surface area contributed by atoms with Crippen molar-refractivity contribution < 1.29 is 18.7 Å². The molecule has 1 heterocycles. The zero-order chi connectivity index (χ0) is 19.1. The summed E-state index contributed by atoms with van der Waals surface area (Å²) in [5, 5.41) is 5.80. The van der Waals surface area contributed by atoms with E-state index in [2.05, 4.69) is 20.6 Å². The van der Waals surface area contributed by atoms with Gasteiger partial charge in [0, 0.05) is 11.7 Å². The standard InChI is InChI=1S/C19H23FN4O3/c1-2-26-16-7-3-14(4-8-16)23-18(25)24-15-5-9-17(10-6-15)27-19-21-11-13(20)12-22-19/h3-4,7-8,11-12,15,17H,2,5-6,9-10H2,1H3,(H2,23,24,25). The van der Waals surface area contributed by atoms with Crippen LogP contribution in [0.4, 0.5) is 14.9 Å². The summed E-state index contributed by atoms with van der Waals surface area (Å²) in [4.78, 5) is 19.8. The van der Waals surface area contributed by atoms with E-state index in [9.17, 15) is 9.18 Å². The molecule has 1 aromatic heterocycles. The topological polar surface area (TPSA) is 85.4 Å². The average Bonchev–Trinajstić information content (AvgIpc) is 2.67. The van der Waals surface area contributed by atoms with Crippen molar-refractivity contribution in [2.75, 3.05) is 11.9 Å². The van der Waals surface area contributed by atoms with Crippen LogP contribution in [0.25, 0.3) is 0 Å². The van der Waals surface area contributed by atoms with Crippen molar-refractivity contribution >= 4 is 11.7 Å². The quantitative estimate of drug-likeness (QED) is 0.808. The van der Waals surface area contributed by atoms with E-state index in [1.165, 1.54) is 0 Å². The van der Waals surface area contributed by atoms with Gasteiger partial charge in [0.1, 0.15) is 11.9 Å². The van der Waals surface area contributed by atoms with Crippen molar-refractivity contribution in [3.8, 4) is 11.8 Å². The summed E-state index contributed by atoms with van der Waals surface area (Å²) in [6.45, 7) is 2.53. The minimum absolute atomic E-state index is 0.0253. The van der Waals surface area contributed by atoms with Crippen molar-refractivity contribution in [2.24, 2.45) is 0 Å². The highest BCUT2D eigenvalue weighted by molar-refractivity contribution is 5.89. The van der Waals surface area contributed by atoms with E-state index in [1.807, 2.05) is 19.1 Å². The van der Waals surface area contributed by atoms with Crippen LogP contribution in [-0.4, -0.2) is 34.8 Å². The fourth-order valence-electron chi connectivity index (χ4n) is 2.99. The van der Waals surface area contributed by atoms with E-state index < -0.39 is 5.82 Å². The molecular formula is C19H23FN4O3. The van der Waals surface area contributed by atoms with Gasteiger partial charge in [0.05, 0.1) is 19.0 Å². The van der Waals surface area contributed by atoms with Crippen LogP contribution in [0, 0.1) is 5.82 Å². The Labute approximate surface area is 157 Å². The molecule has 2 N–H and O–H groups in total. The van der Waals surface area contributed by atoms with Gasteiger partial charge in [0.15, 0.2) is 5.82 Å². The lowest BCUT2D eigenvalue weighted by atomic mass is 9.93. The first-order valence-corrected chi connectivity index (χ1v) is 9.07. The molecule has 0 radical (unpaired) electrons. The molecule has 2 amide bonds. The van der Waals surface area contributed by atoms with Gasteiger partial charge in [-0.25, -0.2) is 19.2 Å². The van der Waals surface area contributed by atoms with Crippen LogP contribution in [0.3, 0.4) is 0 Å². The number of amides is 2. The number of nitrogens with one attached hydrogen (secondary N) is 2. The third-order valence-electron chi connectivity index (χ3n) is 4.30. The molecule has 8 heteroatoms. The van der Waals surface area contributed by atoms with Gasteiger partial charge in [0.25, 0.3) is 0 Å². The second-order valence-corrected chi connectivity index (χ2v) is 6.33.